The number of aryl methyl sites for hydroxylation is 1. The number of thiazole rings is 1. The zero-order valence-electron chi connectivity index (χ0n) is 10.3. The molecule has 2 aromatic rings. The standard InChI is InChI=1S/C14H18N2S/c1-11-5-3-4-6-13(11)10-15-9-12(2)14-16-7-8-17-14/h3-8,12,15H,9-10H2,1-2H3. The van der Waals surface area contributed by atoms with Gasteiger partial charge >= 0.3 is 0 Å². The van der Waals surface area contributed by atoms with Gasteiger partial charge in [0.2, 0.25) is 0 Å². The van der Waals surface area contributed by atoms with Gasteiger partial charge in [0.1, 0.15) is 0 Å². The maximum absolute atomic E-state index is 4.34. The summed E-state index contributed by atoms with van der Waals surface area (Å²) in [7, 11) is 0. The van der Waals surface area contributed by atoms with Crippen molar-refractivity contribution in [2.24, 2.45) is 0 Å². The first kappa shape index (κ1) is 12.3. The molecule has 0 spiro atoms. The molecule has 17 heavy (non-hydrogen) atoms. The first-order chi connectivity index (χ1) is 8.27. The lowest BCUT2D eigenvalue weighted by atomic mass is 10.1. The van der Waals surface area contributed by atoms with E-state index in [1.807, 2.05) is 11.6 Å². The van der Waals surface area contributed by atoms with Gasteiger partial charge in [0, 0.05) is 30.6 Å². The maximum atomic E-state index is 4.34. The molecular weight excluding hydrogens is 228 g/mol. The Hall–Kier alpha value is -1.19. The van der Waals surface area contributed by atoms with E-state index in [0.717, 1.165) is 13.1 Å². The van der Waals surface area contributed by atoms with Gasteiger partial charge in [-0.1, -0.05) is 31.2 Å². The predicted octanol–water partition coefficient (Wildman–Crippen LogP) is 3.34. The smallest absolute Gasteiger partial charge is 0.0965 e. The third-order valence-electron chi connectivity index (χ3n) is 2.90. The summed E-state index contributed by atoms with van der Waals surface area (Å²) in [4.78, 5) is 4.34. The average Bonchev–Trinajstić information content (AvgIpc) is 2.85. The number of benzene rings is 1. The molecule has 2 nitrogen and oxygen atoms in total. The Morgan fingerprint density at radius 2 is 2.18 bits per heavy atom. The Morgan fingerprint density at radius 1 is 1.35 bits per heavy atom. The molecule has 0 bridgehead atoms. The highest BCUT2D eigenvalue weighted by Gasteiger charge is 2.07. The lowest BCUT2D eigenvalue weighted by Crippen LogP contribution is -2.20. The van der Waals surface area contributed by atoms with E-state index in [1.54, 1.807) is 11.3 Å². The number of hydrogen-bond acceptors (Lipinski definition) is 3. The Labute approximate surface area is 107 Å². The number of rotatable bonds is 5. The number of aromatic nitrogens is 1. The van der Waals surface area contributed by atoms with Crippen molar-refractivity contribution < 1.29 is 0 Å². The van der Waals surface area contributed by atoms with Gasteiger partial charge in [0.25, 0.3) is 0 Å². The van der Waals surface area contributed by atoms with Crippen molar-refractivity contribution in [3.8, 4) is 0 Å². The van der Waals surface area contributed by atoms with Crippen LogP contribution in [0.2, 0.25) is 0 Å². The molecule has 1 N–H and O–H groups in total. The van der Waals surface area contributed by atoms with E-state index in [2.05, 4.69) is 48.4 Å². The molecule has 0 aliphatic carbocycles. The first-order valence-corrected chi connectivity index (χ1v) is 6.80. The van der Waals surface area contributed by atoms with Crippen molar-refractivity contribution in [2.75, 3.05) is 6.54 Å². The molecule has 0 saturated carbocycles. The molecule has 0 aliphatic rings. The minimum absolute atomic E-state index is 0.485. The second-order valence-corrected chi connectivity index (χ2v) is 5.25. The molecule has 0 radical (unpaired) electrons. The van der Waals surface area contributed by atoms with Crippen LogP contribution in [0.25, 0.3) is 0 Å². The number of nitrogens with zero attached hydrogens (tertiary/aromatic N) is 1. The zero-order chi connectivity index (χ0) is 12.1. The topological polar surface area (TPSA) is 24.9 Å². The molecule has 1 unspecified atom stereocenters. The Bertz CT molecular complexity index is 451. The average molecular weight is 246 g/mol. The molecule has 1 aromatic carbocycles. The zero-order valence-corrected chi connectivity index (χ0v) is 11.1. The molecule has 1 atom stereocenters. The van der Waals surface area contributed by atoms with Crippen LogP contribution in [-0.2, 0) is 6.54 Å². The Morgan fingerprint density at radius 3 is 2.88 bits per heavy atom. The molecule has 0 fully saturated rings. The molecule has 0 aliphatic heterocycles. The van der Waals surface area contributed by atoms with Gasteiger partial charge in [-0.2, -0.15) is 0 Å². The van der Waals surface area contributed by atoms with Gasteiger partial charge in [-0.15, -0.1) is 11.3 Å². The second kappa shape index (κ2) is 5.94. The van der Waals surface area contributed by atoms with E-state index in [4.69, 9.17) is 0 Å². The molecule has 0 saturated heterocycles. The minimum atomic E-state index is 0.485. The summed E-state index contributed by atoms with van der Waals surface area (Å²) in [5.41, 5.74) is 2.72. The summed E-state index contributed by atoms with van der Waals surface area (Å²) < 4.78 is 0. The largest absolute Gasteiger partial charge is 0.312 e. The van der Waals surface area contributed by atoms with Crippen molar-refractivity contribution in [3.05, 3.63) is 52.0 Å². The van der Waals surface area contributed by atoms with Crippen molar-refractivity contribution >= 4 is 11.3 Å². The van der Waals surface area contributed by atoms with Gasteiger partial charge < -0.3 is 5.32 Å². The van der Waals surface area contributed by atoms with Crippen LogP contribution < -0.4 is 5.32 Å². The van der Waals surface area contributed by atoms with E-state index < -0.39 is 0 Å². The predicted molar refractivity (Wildman–Crippen MR) is 73.4 cm³/mol. The molecular formula is C14H18N2S. The highest BCUT2D eigenvalue weighted by molar-refractivity contribution is 7.09. The Balaban J connectivity index is 1.82. The molecule has 90 valence electrons. The first-order valence-electron chi connectivity index (χ1n) is 5.92. The summed E-state index contributed by atoms with van der Waals surface area (Å²) in [5, 5.41) is 6.74. The fourth-order valence-corrected chi connectivity index (χ4v) is 2.50. The van der Waals surface area contributed by atoms with E-state index in [1.165, 1.54) is 16.1 Å². The number of hydrogen-bond donors (Lipinski definition) is 1. The lowest BCUT2D eigenvalue weighted by Gasteiger charge is -2.11. The van der Waals surface area contributed by atoms with Crippen LogP contribution in [-0.4, -0.2) is 11.5 Å². The molecule has 1 aromatic heterocycles. The molecule has 3 heteroatoms. The summed E-state index contributed by atoms with van der Waals surface area (Å²) in [5.74, 6) is 0.485. The van der Waals surface area contributed by atoms with Gasteiger partial charge in [-0.3, -0.25) is 0 Å². The van der Waals surface area contributed by atoms with E-state index >= 15 is 0 Å². The normalized spacial score (nSPS) is 12.6. The van der Waals surface area contributed by atoms with E-state index in [-0.39, 0.29) is 0 Å². The van der Waals surface area contributed by atoms with Crippen molar-refractivity contribution in [3.63, 3.8) is 0 Å². The van der Waals surface area contributed by atoms with Gasteiger partial charge in [0.15, 0.2) is 0 Å². The lowest BCUT2D eigenvalue weighted by molar-refractivity contribution is 0.611. The van der Waals surface area contributed by atoms with Gasteiger partial charge in [-0.25, -0.2) is 4.98 Å². The van der Waals surface area contributed by atoms with Crippen molar-refractivity contribution in [1.29, 1.82) is 0 Å². The van der Waals surface area contributed by atoms with Crippen molar-refractivity contribution in [1.82, 2.24) is 10.3 Å². The van der Waals surface area contributed by atoms with Crippen LogP contribution in [0.3, 0.4) is 0 Å². The molecule has 2 rings (SSSR count). The van der Waals surface area contributed by atoms with Crippen LogP contribution in [0.4, 0.5) is 0 Å². The van der Waals surface area contributed by atoms with Crippen LogP contribution in [0.5, 0.6) is 0 Å². The second-order valence-electron chi connectivity index (χ2n) is 4.33. The molecule has 0 amide bonds. The van der Waals surface area contributed by atoms with Gasteiger partial charge in [-0.05, 0) is 18.1 Å². The highest BCUT2D eigenvalue weighted by Crippen LogP contribution is 2.16. The van der Waals surface area contributed by atoms with Crippen molar-refractivity contribution in [2.45, 2.75) is 26.3 Å². The maximum Gasteiger partial charge on any atom is 0.0965 e. The number of nitrogens with one attached hydrogen (secondary N) is 1. The van der Waals surface area contributed by atoms with E-state index in [9.17, 15) is 0 Å². The van der Waals surface area contributed by atoms with Crippen LogP contribution in [0.1, 0.15) is 29.0 Å². The quantitative estimate of drug-likeness (QED) is 0.875. The van der Waals surface area contributed by atoms with E-state index in [0.29, 0.717) is 5.92 Å². The van der Waals surface area contributed by atoms with Crippen LogP contribution in [0, 0.1) is 6.92 Å². The summed E-state index contributed by atoms with van der Waals surface area (Å²) in [6.07, 6.45) is 1.87. The van der Waals surface area contributed by atoms with Crippen LogP contribution in [0.15, 0.2) is 35.8 Å². The monoisotopic (exact) mass is 246 g/mol. The van der Waals surface area contributed by atoms with Gasteiger partial charge in [0.05, 0.1) is 5.01 Å². The summed E-state index contributed by atoms with van der Waals surface area (Å²) in [6.45, 7) is 6.27. The minimum Gasteiger partial charge on any atom is -0.312 e. The fraction of sp³-hybridized carbons (Fsp3) is 0.357. The Kier molecular flexibility index (Phi) is 4.29. The SMILES string of the molecule is Cc1ccccc1CNCC(C)c1nccs1. The third-order valence-corrected chi connectivity index (χ3v) is 3.91. The summed E-state index contributed by atoms with van der Waals surface area (Å²) in [6, 6.07) is 8.50. The fourth-order valence-electron chi connectivity index (χ4n) is 1.80. The molecule has 1 heterocycles. The van der Waals surface area contributed by atoms with Crippen LogP contribution >= 0.6 is 11.3 Å². The third kappa shape index (κ3) is 3.38. The highest BCUT2D eigenvalue weighted by atomic mass is 32.1. The summed E-state index contributed by atoms with van der Waals surface area (Å²) >= 11 is 1.73.